The van der Waals surface area contributed by atoms with Crippen LogP contribution in [0.25, 0.3) is 0 Å². The van der Waals surface area contributed by atoms with Gasteiger partial charge in [0.1, 0.15) is 18.9 Å². The summed E-state index contributed by atoms with van der Waals surface area (Å²) >= 11 is 0. The predicted molar refractivity (Wildman–Crippen MR) is 74.1 cm³/mol. The number of aliphatic hydroxyl groups excluding tert-OH is 2. The third-order valence-corrected chi connectivity index (χ3v) is 4.03. The molecule has 1 rings (SSSR count). The third kappa shape index (κ3) is 4.76. The van der Waals surface area contributed by atoms with Crippen LogP contribution in [-0.2, 0) is 14.6 Å². The molecule has 0 aliphatic carbocycles. The molecule has 1 aromatic rings. The van der Waals surface area contributed by atoms with E-state index < -0.39 is 40.7 Å². The summed E-state index contributed by atoms with van der Waals surface area (Å²) in [6.07, 6.45) is -1.63. The first-order chi connectivity index (χ1) is 9.66. The molecule has 1 aromatic carbocycles. The van der Waals surface area contributed by atoms with Gasteiger partial charge in [0, 0.05) is 6.26 Å². The molecule has 1 amide bonds. The van der Waals surface area contributed by atoms with Crippen molar-refractivity contribution in [3.63, 3.8) is 0 Å². The predicted octanol–water partition coefficient (Wildman–Crippen LogP) is -0.0414. The van der Waals surface area contributed by atoms with Crippen LogP contribution in [0, 0.1) is 0 Å². The molecule has 0 bridgehead atoms. The van der Waals surface area contributed by atoms with E-state index in [0.717, 1.165) is 6.26 Å². The average Bonchev–Trinajstić information content (AvgIpc) is 2.42. The lowest BCUT2D eigenvalue weighted by Gasteiger charge is -2.22. The van der Waals surface area contributed by atoms with Crippen molar-refractivity contribution < 1.29 is 27.8 Å². The molecule has 8 heteroatoms. The van der Waals surface area contributed by atoms with Crippen molar-refractivity contribution >= 4 is 15.7 Å². The summed E-state index contributed by atoms with van der Waals surface area (Å²) < 4.78 is 35.6. The Balaban J connectivity index is 2.90. The van der Waals surface area contributed by atoms with Gasteiger partial charge >= 0.3 is 0 Å². The number of rotatable bonds is 6. The molecule has 21 heavy (non-hydrogen) atoms. The largest absolute Gasteiger partial charge is 0.386 e. The lowest BCUT2D eigenvalue weighted by Crippen LogP contribution is -2.44. The minimum absolute atomic E-state index is 0.0725. The zero-order chi connectivity index (χ0) is 16.2. The number of hydrogen-bond donors (Lipinski definition) is 3. The SMILES string of the molecule is C[C@H](O)C(=O)N[C@H](CF)[C@H](O)c1ccc(S(C)(=O)=O)cc1. The van der Waals surface area contributed by atoms with Crippen LogP contribution in [0.1, 0.15) is 18.6 Å². The van der Waals surface area contributed by atoms with E-state index in [9.17, 15) is 22.7 Å². The molecule has 3 N–H and O–H groups in total. The number of benzene rings is 1. The monoisotopic (exact) mass is 319 g/mol. The van der Waals surface area contributed by atoms with Crippen LogP contribution < -0.4 is 5.32 Å². The first-order valence-electron chi connectivity index (χ1n) is 6.19. The van der Waals surface area contributed by atoms with Crippen LogP contribution >= 0.6 is 0 Å². The van der Waals surface area contributed by atoms with Gasteiger partial charge in [-0.2, -0.15) is 0 Å². The second kappa shape index (κ2) is 6.97. The minimum Gasteiger partial charge on any atom is -0.386 e. The molecular weight excluding hydrogens is 301 g/mol. The molecule has 0 unspecified atom stereocenters. The summed E-state index contributed by atoms with van der Waals surface area (Å²) in [7, 11) is -3.36. The third-order valence-electron chi connectivity index (χ3n) is 2.90. The van der Waals surface area contributed by atoms with E-state index in [4.69, 9.17) is 5.11 Å². The highest BCUT2D eigenvalue weighted by molar-refractivity contribution is 7.90. The fourth-order valence-corrected chi connectivity index (χ4v) is 2.28. The second-order valence-corrected chi connectivity index (χ2v) is 6.75. The number of carbonyl (C=O) groups is 1. The number of aliphatic hydroxyl groups is 2. The normalized spacial score (nSPS) is 16.0. The average molecular weight is 319 g/mol. The van der Waals surface area contributed by atoms with Crippen molar-refractivity contribution in [2.45, 2.75) is 30.1 Å². The highest BCUT2D eigenvalue weighted by Gasteiger charge is 2.24. The summed E-state index contributed by atoms with van der Waals surface area (Å²) in [5.41, 5.74) is 0.260. The minimum atomic E-state index is -3.36. The van der Waals surface area contributed by atoms with Gasteiger partial charge in [0.15, 0.2) is 9.84 Å². The van der Waals surface area contributed by atoms with Gasteiger partial charge in [0.25, 0.3) is 0 Å². The van der Waals surface area contributed by atoms with E-state index in [2.05, 4.69) is 5.32 Å². The summed E-state index contributed by atoms with van der Waals surface area (Å²) in [5.74, 6) is -0.801. The fourth-order valence-electron chi connectivity index (χ4n) is 1.65. The molecule has 0 fully saturated rings. The van der Waals surface area contributed by atoms with E-state index in [0.29, 0.717) is 0 Å². The zero-order valence-corrected chi connectivity index (χ0v) is 12.5. The number of nitrogens with one attached hydrogen (secondary N) is 1. The molecule has 3 atom stereocenters. The van der Waals surface area contributed by atoms with Crippen molar-refractivity contribution in [1.29, 1.82) is 0 Å². The van der Waals surface area contributed by atoms with Gasteiger partial charge < -0.3 is 15.5 Å². The molecule has 0 saturated heterocycles. The Morgan fingerprint density at radius 3 is 2.19 bits per heavy atom. The van der Waals surface area contributed by atoms with E-state index in [-0.39, 0.29) is 10.5 Å². The van der Waals surface area contributed by atoms with E-state index >= 15 is 0 Å². The van der Waals surface area contributed by atoms with E-state index in [1.807, 2.05) is 0 Å². The summed E-state index contributed by atoms with van der Waals surface area (Å²) in [4.78, 5) is 11.4. The van der Waals surface area contributed by atoms with Crippen molar-refractivity contribution in [2.24, 2.45) is 0 Å². The summed E-state index contributed by atoms with van der Waals surface area (Å²) in [5, 5.41) is 21.3. The van der Waals surface area contributed by atoms with Gasteiger partial charge in [0.2, 0.25) is 5.91 Å². The van der Waals surface area contributed by atoms with E-state index in [1.165, 1.54) is 31.2 Å². The van der Waals surface area contributed by atoms with Crippen molar-refractivity contribution in [3.8, 4) is 0 Å². The highest BCUT2D eigenvalue weighted by Crippen LogP contribution is 2.20. The number of sulfone groups is 1. The number of halogens is 1. The summed E-state index contributed by atoms with van der Waals surface area (Å²) in [6.45, 7) is 0.186. The number of alkyl halides is 1. The first-order valence-corrected chi connectivity index (χ1v) is 8.08. The molecule has 0 aliphatic heterocycles. The van der Waals surface area contributed by atoms with Crippen LogP contribution in [0.2, 0.25) is 0 Å². The number of carbonyl (C=O) groups excluding carboxylic acids is 1. The summed E-state index contributed by atoms with van der Waals surface area (Å²) in [6, 6.07) is 4.05. The van der Waals surface area contributed by atoms with Crippen LogP contribution in [0.3, 0.4) is 0 Å². The van der Waals surface area contributed by atoms with Gasteiger partial charge in [-0.05, 0) is 24.6 Å². The molecule has 118 valence electrons. The van der Waals surface area contributed by atoms with Gasteiger partial charge in [0.05, 0.1) is 10.9 Å². The standard InChI is InChI=1S/C13H18FNO5S/c1-8(16)13(18)15-11(7-14)12(17)9-3-5-10(6-4-9)21(2,19)20/h3-6,8,11-12,16-17H,7H2,1-2H3,(H,15,18)/t8-,11+,12+/m0/s1. The first kappa shape index (κ1) is 17.5. The Morgan fingerprint density at radius 2 is 1.81 bits per heavy atom. The Bertz CT molecular complexity index is 585. The van der Waals surface area contributed by atoms with Crippen molar-refractivity contribution in [3.05, 3.63) is 29.8 Å². The molecule has 0 saturated carbocycles. The molecule has 0 spiro atoms. The highest BCUT2D eigenvalue weighted by atomic mass is 32.2. The fraction of sp³-hybridized carbons (Fsp3) is 0.462. The van der Waals surface area contributed by atoms with Crippen molar-refractivity contribution in [1.82, 2.24) is 5.32 Å². The quantitative estimate of drug-likeness (QED) is 0.682. The van der Waals surface area contributed by atoms with E-state index in [1.54, 1.807) is 0 Å². The Hall–Kier alpha value is -1.51. The maximum Gasteiger partial charge on any atom is 0.248 e. The lowest BCUT2D eigenvalue weighted by atomic mass is 10.0. The molecule has 0 heterocycles. The van der Waals surface area contributed by atoms with Crippen molar-refractivity contribution in [2.75, 3.05) is 12.9 Å². The molecule has 0 aliphatic rings. The molecule has 0 aromatic heterocycles. The lowest BCUT2D eigenvalue weighted by molar-refractivity contribution is -0.130. The Kier molecular flexibility index (Phi) is 5.82. The van der Waals surface area contributed by atoms with Gasteiger partial charge in [-0.25, -0.2) is 12.8 Å². The van der Waals surface area contributed by atoms with Crippen LogP contribution in [0.15, 0.2) is 29.2 Å². The maximum atomic E-state index is 12.9. The molecule has 6 nitrogen and oxygen atoms in total. The molecular formula is C13H18FNO5S. The Morgan fingerprint density at radius 1 is 1.29 bits per heavy atom. The second-order valence-electron chi connectivity index (χ2n) is 4.73. The van der Waals surface area contributed by atoms with Crippen LogP contribution in [0.5, 0.6) is 0 Å². The van der Waals surface area contributed by atoms with Crippen LogP contribution in [-0.4, -0.2) is 49.6 Å². The zero-order valence-electron chi connectivity index (χ0n) is 11.7. The number of hydrogen-bond acceptors (Lipinski definition) is 5. The van der Waals surface area contributed by atoms with Gasteiger partial charge in [-0.3, -0.25) is 4.79 Å². The van der Waals surface area contributed by atoms with Gasteiger partial charge in [-0.15, -0.1) is 0 Å². The Labute approximate surface area is 122 Å². The molecule has 0 radical (unpaired) electrons. The van der Waals surface area contributed by atoms with Gasteiger partial charge in [-0.1, -0.05) is 12.1 Å². The topological polar surface area (TPSA) is 104 Å². The number of amides is 1. The smallest absolute Gasteiger partial charge is 0.248 e. The maximum absolute atomic E-state index is 12.9. The van der Waals surface area contributed by atoms with Crippen LogP contribution in [0.4, 0.5) is 4.39 Å².